The Labute approximate surface area is 188 Å². The Hall–Kier alpha value is -3.34. The number of hydrogen-bond acceptors (Lipinski definition) is 7. The SMILES string of the molecule is Cc1ccc(SCCNC(=O)COC(=O)CCn2cnc3c2c(=O)n(C)c(=O)n3C)cc1. The number of nitrogens with one attached hydrogen (secondary N) is 1. The molecule has 0 unspecified atom stereocenters. The number of hydrogen-bond donors (Lipinski definition) is 1. The molecule has 0 aliphatic carbocycles. The van der Waals surface area contributed by atoms with E-state index in [2.05, 4.69) is 10.3 Å². The quantitative estimate of drug-likeness (QED) is 0.283. The zero-order valence-electron chi connectivity index (χ0n) is 18.2. The Morgan fingerprint density at radius 2 is 1.84 bits per heavy atom. The van der Waals surface area contributed by atoms with Gasteiger partial charge in [-0.25, -0.2) is 9.78 Å². The number of aromatic nitrogens is 4. The van der Waals surface area contributed by atoms with Crippen LogP contribution < -0.4 is 16.6 Å². The van der Waals surface area contributed by atoms with Crippen LogP contribution in [0.1, 0.15) is 12.0 Å². The van der Waals surface area contributed by atoms with Crippen molar-refractivity contribution in [3.63, 3.8) is 0 Å². The van der Waals surface area contributed by atoms with Gasteiger partial charge in [0.25, 0.3) is 11.5 Å². The second-order valence-electron chi connectivity index (χ2n) is 7.24. The summed E-state index contributed by atoms with van der Waals surface area (Å²) in [7, 11) is 2.90. The zero-order valence-corrected chi connectivity index (χ0v) is 19.0. The van der Waals surface area contributed by atoms with Crippen LogP contribution in [0.2, 0.25) is 0 Å². The Morgan fingerprint density at radius 3 is 2.56 bits per heavy atom. The van der Waals surface area contributed by atoms with Crippen LogP contribution in [0.3, 0.4) is 0 Å². The monoisotopic (exact) mass is 459 g/mol. The van der Waals surface area contributed by atoms with Gasteiger partial charge in [0.15, 0.2) is 17.8 Å². The standard InChI is InChI=1S/C21H25N5O5S/c1-14-4-6-15(7-5-14)32-11-9-22-16(27)12-31-17(28)8-10-26-13-23-19-18(26)20(29)25(3)21(30)24(19)2/h4-7,13H,8-12H2,1-3H3,(H,22,27). The molecule has 11 heteroatoms. The van der Waals surface area contributed by atoms with E-state index in [0.717, 1.165) is 9.46 Å². The van der Waals surface area contributed by atoms with Crippen LogP contribution in [0.4, 0.5) is 0 Å². The molecule has 2 heterocycles. The summed E-state index contributed by atoms with van der Waals surface area (Å²) in [6.45, 7) is 2.25. The van der Waals surface area contributed by atoms with E-state index in [0.29, 0.717) is 12.3 Å². The van der Waals surface area contributed by atoms with E-state index in [-0.39, 0.29) is 36.6 Å². The summed E-state index contributed by atoms with van der Waals surface area (Å²) in [4.78, 5) is 53.5. The van der Waals surface area contributed by atoms with Gasteiger partial charge in [-0.15, -0.1) is 11.8 Å². The highest BCUT2D eigenvalue weighted by atomic mass is 32.2. The molecular weight excluding hydrogens is 434 g/mol. The summed E-state index contributed by atoms with van der Waals surface area (Å²) in [5, 5.41) is 2.71. The van der Waals surface area contributed by atoms with E-state index in [9.17, 15) is 19.2 Å². The number of carbonyl (C=O) groups excluding carboxylic acids is 2. The molecule has 3 rings (SSSR count). The zero-order chi connectivity index (χ0) is 23.3. The van der Waals surface area contributed by atoms with E-state index < -0.39 is 17.2 Å². The third-order valence-electron chi connectivity index (χ3n) is 4.85. The number of nitrogens with zero attached hydrogens (tertiary/aromatic N) is 4. The number of thioether (sulfide) groups is 1. The molecule has 32 heavy (non-hydrogen) atoms. The molecule has 1 aromatic carbocycles. The predicted molar refractivity (Wildman–Crippen MR) is 121 cm³/mol. The Bertz CT molecular complexity index is 1240. The Balaban J connectivity index is 1.42. The molecule has 2 aromatic heterocycles. The lowest BCUT2D eigenvalue weighted by molar-refractivity contribution is -0.148. The maximum atomic E-state index is 12.4. The highest BCUT2D eigenvalue weighted by Crippen LogP contribution is 2.17. The van der Waals surface area contributed by atoms with E-state index in [1.807, 2.05) is 31.2 Å². The van der Waals surface area contributed by atoms with Gasteiger partial charge in [-0.1, -0.05) is 17.7 Å². The molecule has 0 saturated carbocycles. The van der Waals surface area contributed by atoms with Crippen molar-refractivity contribution in [3.8, 4) is 0 Å². The molecule has 0 bridgehead atoms. The van der Waals surface area contributed by atoms with Gasteiger partial charge in [-0.2, -0.15) is 0 Å². The number of aryl methyl sites for hydroxylation is 3. The Kier molecular flexibility index (Phi) is 7.52. The minimum Gasteiger partial charge on any atom is -0.456 e. The lowest BCUT2D eigenvalue weighted by Crippen LogP contribution is -2.37. The van der Waals surface area contributed by atoms with Crippen LogP contribution in [0, 0.1) is 6.92 Å². The molecule has 0 spiro atoms. The minimum absolute atomic E-state index is 0.0476. The van der Waals surface area contributed by atoms with Crippen LogP contribution >= 0.6 is 11.8 Å². The molecule has 3 aromatic rings. The molecule has 0 aliphatic rings. The summed E-state index contributed by atoms with van der Waals surface area (Å²) in [6.07, 6.45) is 1.35. The number of fused-ring (bicyclic) bond motifs is 1. The van der Waals surface area contributed by atoms with E-state index >= 15 is 0 Å². The first-order chi connectivity index (χ1) is 15.3. The van der Waals surface area contributed by atoms with Gasteiger partial charge >= 0.3 is 11.7 Å². The molecule has 1 N–H and O–H groups in total. The molecule has 0 fully saturated rings. The van der Waals surface area contributed by atoms with E-state index in [1.165, 1.54) is 35.1 Å². The van der Waals surface area contributed by atoms with Crippen LogP contribution in [0.15, 0.2) is 45.1 Å². The van der Waals surface area contributed by atoms with Gasteiger partial charge in [-0.3, -0.25) is 23.5 Å². The number of amides is 1. The predicted octanol–water partition coefficient (Wildman–Crippen LogP) is 0.584. The molecule has 10 nitrogen and oxygen atoms in total. The summed E-state index contributed by atoms with van der Waals surface area (Å²) in [5.74, 6) is -0.244. The number of ether oxygens (including phenoxy) is 1. The van der Waals surface area contributed by atoms with E-state index in [1.54, 1.807) is 11.8 Å². The van der Waals surface area contributed by atoms with Crippen molar-refractivity contribution >= 4 is 34.8 Å². The molecule has 0 radical (unpaired) electrons. The van der Waals surface area contributed by atoms with Crippen molar-refractivity contribution in [3.05, 3.63) is 57.0 Å². The number of esters is 1. The third-order valence-corrected chi connectivity index (χ3v) is 5.87. The fourth-order valence-electron chi connectivity index (χ4n) is 3.04. The smallest absolute Gasteiger partial charge is 0.332 e. The van der Waals surface area contributed by atoms with Crippen LogP contribution in [-0.4, -0.2) is 49.5 Å². The largest absolute Gasteiger partial charge is 0.456 e. The van der Waals surface area contributed by atoms with Crippen molar-refractivity contribution < 1.29 is 14.3 Å². The molecule has 170 valence electrons. The summed E-state index contributed by atoms with van der Waals surface area (Å²) < 4.78 is 8.77. The first kappa shape index (κ1) is 23.3. The van der Waals surface area contributed by atoms with Crippen molar-refractivity contribution in [2.24, 2.45) is 14.1 Å². The lowest BCUT2D eigenvalue weighted by Gasteiger charge is -2.08. The van der Waals surface area contributed by atoms with Gasteiger partial charge in [0.1, 0.15) is 0 Å². The number of imidazole rings is 1. The van der Waals surface area contributed by atoms with Crippen molar-refractivity contribution in [1.82, 2.24) is 24.0 Å². The van der Waals surface area contributed by atoms with Gasteiger partial charge in [0.2, 0.25) is 0 Å². The molecule has 1 amide bonds. The number of rotatable bonds is 9. The molecule has 0 aliphatic heterocycles. The summed E-state index contributed by atoms with van der Waals surface area (Å²) >= 11 is 1.63. The highest BCUT2D eigenvalue weighted by molar-refractivity contribution is 7.99. The first-order valence-corrected chi connectivity index (χ1v) is 11.0. The van der Waals surface area contributed by atoms with Crippen LogP contribution in [0.25, 0.3) is 11.2 Å². The second kappa shape index (κ2) is 10.3. The maximum Gasteiger partial charge on any atom is 0.332 e. The van der Waals surface area contributed by atoms with Crippen molar-refractivity contribution in [2.75, 3.05) is 18.9 Å². The van der Waals surface area contributed by atoms with Gasteiger partial charge in [0, 0.05) is 37.8 Å². The fourth-order valence-corrected chi connectivity index (χ4v) is 3.81. The maximum absolute atomic E-state index is 12.4. The number of carbonyl (C=O) groups is 2. The second-order valence-corrected chi connectivity index (χ2v) is 8.41. The normalized spacial score (nSPS) is 11.0. The van der Waals surface area contributed by atoms with Crippen LogP contribution in [0.5, 0.6) is 0 Å². The topological polar surface area (TPSA) is 117 Å². The van der Waals surface area contributed by atoms with Crippen LogP contribution in [-0.2, 0) is 35.0 Å². The molecular formula is C21H25N5O5S. The fraction of sp³-hybridized carbons (Fsp3) is 0.381. The summed E-state index contributed by atoms with van der Waals surface area (Å²) in [6, 6.07) is 8.13. The average molecular weight is 460 g/mol. The van der Waals surface area contributed by atoms with Gasteiger partial charge in [0.05, 0.1) is 12.7 Å². The molecule has 0 atom stereocenters. The highest BCUT2D eigenvalue weighted by Gasteiger charge is 2.15. The van der Waals surface area contributed by atoms with Crippen molar-refractivity contribution in [1.29, 1.82) is 0 Å². The average Bonchev–Trinajstić information content (AvgIpc) is 3.21. The van der Waals surface area contributed by atoms with Crippen molar-refractivity contribution in [2.45, 2.75) is 24.8 Å². The molecule has 0 saturated heterocycles. The Morgan fingerprint density at radius 1 is 1.12 bits per heavy atom. The lowest BCUT2D eigenvalue weighted by atomic mass is 10.2. The number of benzene rings is 1. The summed E-state index contributed by atoms with van der Waals surface area (Å²) in [5.41, 5.74) is 0.701. The first-order valence-electron chi connectivity index (χ1n) is 10.0. The van der Waals surface area contributed by atoms with E-state index in [4.69, 9.17) is 4.74 Å². The third kappa shape index (κ3) is 5.47. The van der Waals surface area contributed by atoms with Gasteiger partial charge < -0.3 is 14.6 Å². The van der Waals surface area contributed by atoms with Gasteiger partial charge in [-0.05, 0) is 19.1 Å². The minimum atomic E-state index is -0.572.